The van der Waals surface area contributed by atoms with Crippen LogP contribution in [0.15, 0.2) is 12.1 Å². The van der Waals surface area contributed by atoms with E-state index in [0.29, 0.717) is 23.7 Å². The number of hydrogen-bond donors (Lipinski definition) is 1. The number of amides is 1. The standard InChI is InChI=1S/C10H11ClN2O3/c1-16-10(15)13-5-4-7-6(9(13)14)2-3-8(11)12-7/h2-3,9,14H,4-5H2,1H3/t9-/m0/s1. The van der Waals surface area contributed by atoms with Crippen molar-refractivity contribution in [1.82, 2.24) is 9.88 Å². The lowest BCUT2D eigenvalue weighted by atomic mass is 10.0. The Morgan fingerprint density at radius 3 is 3.12 bits per heavy atom. The van der Waals surface area contributed by atoms with Gasteiger partial charge in [0.05, 0.1) is 12.8 Å². The second-order valence-corrected chi connectivity index (χ2v) is 3.84. The molecule has 0 aliphatic carbocycles. The summed E-state index contributed by atoms with van der Waals surface area (Å²) < 4.78 is 4.58. The van der Waals surface area contributed by atoms with Gasteiger partial charge in [-0.3, -0.25) is 4.90 Å². The molecule has 1 amide bonds. The van der Waals surface area contributed by atoms with E-state index in [9.17, 15) is 9.90 Å². The lowest BCUT2D eigenvalue weighted by molar-refractivity contribution is -0.00278. The van der Waals surface area contributed by atoms with Crippen LogP contribution in [-0.4, -0.2) is 34.7 Å². The minimum atomic E-state index is -1.01. The fourth-order valence-electron chi connectivity index (χ4n) is 1.75. The summed E-state index contributed by atoms with van der Waals surface area (Å²) in [7, 11) is 1.28. The monoisotopic (exact) mass is 242 g/mol. The first-order valence-corrected chi connectivity index (χ1v) is 5.19. The molecule has 1 N–H and O–H groups in total. The van der Waals surface area contributed by atoms with E-state index in [1.54, 1.807) is 12.1 Å². The largest absolute Gasteiger partial charge is 0.453 e. The van der Waals surface area contributed by atoms with Gasteiger partial charge in [-0.05, 0) is 12.1 Å². The molecule has 16 heavy (non-hydrogen) atoms. The lowest BCUT2D eigenvalue weighted by Crippen LogP contribution is -2.40. The number of pyridine rings is 1. The van der Waals surface area contributed by atoms with E-state index in [-0.39, 0.29) is 0 Å². The smallest absolute Gasteiger partial charge is 0.411 e. The molecule has 86 valence electrons. The van der Waals surface area contributed by atoms with Crippen molar-refractivity contribution >= 4 is 17.7 Å². The third-order valence-corrected chi connectivity index (χ3v) is 2.76. The van der Waals surface area contributed by atoms with Crippen LogP contribution in [0.1, 0.15) is 17.5 Å². The number of halogens is 1. The molecule has 2 rings (SSSR count). The van der Waals surface area contributed by atoms with Gasteiger partial charge in [-0.25, -0.2) is 9.78 Å². The second kappa shape index (κ2) is 4.27. The highest BCUT2D eigenvalue weighted by molar-refractivity contribution is 6.29. The Bertz CT molecular complexity index is 425. The van der Waals surface area contributed by atoms with Gasteiger partial charge in [-0.15, -0.1) is 0 Å². The predicted octanol–water partition coefficient (Wildman–Crippen LogP) is 1.35. The number of aromatic nitrogens is 1. The summed E-state index contributed by atoms with van der Waals surface area (Å²) in [6.45, 7) is 0.369. The van der Waals surface area contributed by atoms with Gasteiger partial charge in [-0.1, -0.05) is 11.6 Å². The summed E-state index contributed by atoms with van der Waals surface area (Å²) in [5.74, 6) is 0. The van der Waals surface area contributed by atoms with Crippen molar-refractivity contribution in [3.63, 3.8) is 0 Å². The molecule has 0 saturated heterocycles. The average molecular weight is 243 g/mol. The van der Waals surface area contributed by atoms with Gasteiger partial charge in [0.15, 0.2) is 6.23 Å². The van der Waals surface area contributed by atoms with Crippen molar-refractivity contribution in [3.8, 4) is 0 Å². The zero-order valence-electron chi connectivity index (χ0n) is 8.68. The first-order valence-electron chi connectivity index (χ1n) is 4.81. The lowest BCUT2D eigenvalue weighted by Gasteiger charge is -2.31. The van der Waals surface area contributed by atoms with Crippen molar-refractivity contribution in [3.05, 3.63) is 28.5 Å². The Balaban J connectivity index is 2.32. The number of ether oxygens (including phenoxy) is 1. The Morgan fingerprint density at radius 1 is 1.69 bits per heavy atom. The van der Waals surface area contributed by atoms with E-state index in [1.807, 2.05) is 0 Å². The molecule has 1 aromatic heterocycles. The summed E-state index contributed by atoms with van der Waals surface area (Å²) in [4.78, 5) is 16.7. The molecule has 0 unspecified atom stereocenters. The number of carbonyl (C=O) groups excluding carboxylic acids is 1. The van der Waals surface area contributed by atoms with Crippen molar-refractivity contribution in [2.75, 3.05) is 13.7 Å². The molecular weight excluding hydrogens is 232 g/mol. The van der Waals surface area contributed by atoms with Gasteiger partial charge in [0.25, 0.3) is 0 Å². The number of nitrogens with zero attached hydrogens (tertiary/aromatic N) is 2. The van der Waals surface area contributed by atoms with E-state index in [2.05, 4.69) is 9.72 Å². The van der Waals surface area contributed by atoms with Crippen LogP contribution in [0.25, 0.3) is 0 Å². The van der Waals surface area contributed by atoms with Crippen molar-refractivity contribution in [1.29, 1.82) is 0 Å². The van der Waals surface area contributed by atoms with Gasteiger partial charge in [0, 0.05) is 18.5 Å². The van der Waals surface area contributed by atoms with Crippen molar-refractivity contribution < 1.29 is 14.6 Å². The van der Waals surface area contributed by atoms with Crippen LogP contribution in [0.2, 0.25) is 5.15 Å². The molecule has 0 fully saturated rings. The highest BCUT2D eigenvalue weighted by atomic mass is 35.5. The van der Waals surface area contributed by atoms with Crippen molar-refractivity contribution in [2.45, 2.75) is 12.6 Å². The van der Waals surface area contributed by atoms with E-state index >= 15 is 0 Å². The second-order valence-electron chi connectivity index (χ2n) is 3.46. The molecule has 1 atom stereocenters. The van der Waals surface area contributed by atoms with Crippen molar-refractivity contribution in [2.24, 2.45) is 0 Å². The minimum absolute atomic E-state index is 0.369. The van der Waals surface area contributed by atoms with E-state index in [4.69, 9.17) is 11.6 Å². The molecule has 0 saturated carbocycles. The molecule has 0 bridgehead atoms. The topological polar surface area (TPSA) is 62.7 Å². The van der Waals surface area contributed by atoms with Gasteiger partial charge in [0.2, 0.25) is 0 Å². The number of fused-ring (bicyclic) bond motifs is 1. The molecule has 0 radical (unpaired) electrons. The Labute approximate surface area is 97.6 Å². The van der Waals surface area contributed by atoms with Gasteiger partial charge < -0.3 is 9.84 Å². The van der Waals surface area contributed by atoms with E-state index < -0.39 is 12.3 Å². The first-order chi connectivity index (χ1) is 7.63. The predicted molar refractivity (Wildman–Crippen MR) is 57.0 cm³/mol. The number of aliphatic hydroxyl groups excluding tert-OH is 1. The fourth-order valence-corrected chi connectivity index (χ4v) is 1.91. The number of aliphatic hydroxyl groups is 1. The fraction of sp³-hybridized carbons (Fsp3) is 0.400. The third kappa shape index (κ3) is 1.83. The summed E-state index contributed by atoms with van der Waals surface area (Å²) in [6.07, 6.45) is -1.00. The van der Waals surface area contributed by atoms with E-state index in [0.717, 1.165) is 5.69 Å². The number of hydrogen-bond acceptors (Lipinski definition) is 4. The highest BCUT2D eigenvalue weighted by Crippen LogP contribution is 2.27. The third-order valence-electron chi connectivity index (χ3n) is 2.55. The Hall–Kier alpha value is -1.33. The average Bonchev–Trinajstić information content (AvgIpc) is 2.28. The van der Waals surface area contributed by atoms with Gasteiger partial charge >= 0.3 is 6.09 Å². The molecule has 6 heteroatoms. The molecule has 0 spiro atoms. The normalized spacial score (nSPS) is 19.2. The maximum absolute atomic E-state index is 11.4. The zero-order valence-corrected chi connectivity index (χ0v) is 9.44. The summed E-state index contributed by atoms with van der Waals surface area (Å²) in [5.41, 5.74) is 1.32. The molecule has 1 aliphatic heterocycles. The molecule has 2 heterocycles. The SMILES string of the molecule is COC(=O)N1CCc2nc(Cl)ccc2[C@@H]1O. The zero-order chi connectivity index (χ0) is 11.7. The number of rotatable bonds is 0. The van der Waals surface area contributed by atoms with Crippen LogP contribution < -0.4 is 0 Å². The van der Waals surface area contributed by atoms with Crippen LogP contribution in [0.4, 0.5) is 4.79 Å². The molecular formula is C10H11ClN2O3. The van der Waals surface area contributed by atoms with Crippen LogP contribution in [0.5, 0.6) is 0 Å². The van der Waals surface area contributed by atoms with Crippen LogP contribution >= 0.6 is 11.6 Å². The number of methoxy groups -OCH3 is 1. The van der Waals surface area contributed by atoms with Gasteiger partial charge in [0.1, 0.15) is 5.15 Å². The van der Waals surface area contributed by atoms with E-state index in [1.165, 1.54) is 12.0 Å². The quantitative estimate of drug-likeness (QED) is 0.698. The van der Waals surface area contributed by atoms with Crippen LogP contribution in [0.3, 0.4) is 0 Å². The Morgan fingerprint density at radius 2 is 2.44 bits per heavy atom. The van der Waals surface area contributed by atoms with Crippen LogP contribution in [-0.2, 0) is 11.2 Å². The molecule has 0 aromatic carbocycles. The van der Waals surface area contributed by atoms with Crippen LogP contribution in [0, 0.1) is 0 Å². The highest BCUT2D eigenvalue weighted by Gasteiger charge is 2.30. The first kappa shape index (κ1) is 11.2. The molecule has 1 aromatic rings. The summed E-state index contributed by atoms with van der Waals surface area (Å²) >= 11 is 5.75. The maximum atomic E-state index is 11.4. The maximum Gasteiger partial charge on any atom is 0.411 e. The summed E-state index contributed by atoms with van der Waals surface area (Å²) in [5, 5.41) is 10.3. The van der Waals surface area contributed by atoms with Gasteiger partial charge in [-0.2, -0.15) is 0 Å². The number of carbonyl (C=O) groups is 1. The molecule has 5 nitrogen and oxygen atoms in total. The summed E-state index contributed by atoms with van der Waals surface area (Å²) in [6, 6.07) is 3.26. The molecule has 1 aliphatic rings. The minimum Gasteiger partial charge on any atom is -0.453 e. The Kier molecular flexibility index (Phi) is 2.98.